The Bertz CT molecular complexity index is 2000. The number of amides is 1. The van der Waals surface area contributed by atoms with Crippen LogP contribution < -0.4 is 20.1 Å². The summed E-state index contributed by atoms with van der Waals surface area (Å²) < 4.78 is 14.5. The highest BCUT2D eigenvalue weighted by Crippen LogP contribution is 2.43. The molecule has 1 aliphatic rings. The van der Waals surface area contributed by atoms with Crippen LogP contribution in [-0.4, -0.2) is 34.4 Å². The van der Waals surface area contributed by atoms with Gasteiger partial charge in [0.25, 0.3) is 5.91 Å². The van der Waals surface area contributed by atoms with Gasteiger partial charge in [0.05, 0.1) is 23.8 Å². The molecule has 5 aromatic rings. The molecular weight excluding hydrogens is 710 g/mol. The Hall–Kier alpha value is -4.25. The first-order chi connectivity index (χ1) is 23.2. The number of carbonyl (C=O) groups is 1. The number of benzene rings is 4. The molecule has 11 heteroatoms. The number of halogens is 2. The van der Waals surface area contributed by atoms with Crippen LogP contribution in [0.25, 0.3) is 0 Å². The number of methoxy groups -OCH3 is 1. The molecule has 4 aromatic carbocycles. The van der Waals surface area contributed by atoms with Crippen LogP contribution >= 0.6 is 39.3 Å². The number of thioether (sulfide) groups is 1. The fraction of sp³-hybridized carbons (Fsp3) is 0.216. The van der Waals surface area contributed by atoms with Crippen LogP contribution in [0.1, 0.15) is 40.8 Å². The van der Waals surface area contributed by atoms with Gasteiger partial charge in [0.2, 0.25) is 11.1 Å². The summed E-state index contributed by atoms with van der Waals surface area (Å²) in [6, 6.07) is 27.1. The van der Waals surface area contributed by atoms with Gasteiger partial charge < -0.3 is 20.1 Å². The van der Waals surface area contributed by atoms with E-state index >= 15 is 0 Å². The first-order valence-corrected chi connectivity index (χ1v) is 17.6. The number of ether oxygens (including phenoxy) is 2. The van der Waals surface area contributed by atoms with Gasteiger partial charge in [-0.25, -0.2) is 4.68 Å². The van der Waals surface area contributed by atoms with Gasteiger partial charge in [-0.15, -0.1) is 5.10 Å². The molecule has 0 spiro atoms. The average molecular weight is 745 g/mol. The fourth-order valence-corrected chi connectivity index (χ4v) is 7.34. The summed E-state index contributed by atoms with van der Waals surface area (Å²) in [6.07, 6.45) is 0.744. The Morgan fingerprint density at radius 1 is 1.04 bits per heavy atom. The first-order valence-electron chi connectivity index (χ1n) is 15.4. The van der Waals surface area contributed by atoms with Crippen LogP contribution in [0, 0.1) is 13.8 Å². The number of nitrogens with one attached hydrogen (secondary N) is 2. The molecule has 48 heavy (non-hydrogen) atoms. The quantitative estimate of drug-likeness (QED) is 0.130. The van der Waals surface area contributed by atoms with E-state index in [-0.39, 0.29) is 5.91 Å². The summed E-state index contributed by atoms with van der Waals surface area (Å²) in [6.45, 7) is 6.36. The fourth-order valence-electron chi connectivity index (χ4n) is 5.65. The van der Waals surface area contributed by atoms with Gasteiger partial charge in [-0.3, -0.25) is 4.79 Å². The van der Waals surface area contributed by atoms with Gasteiger partial charge in [-0.2, -0.15) is 4.98 Å². The average Bonchev–Trinajstić information content (AvgIpc) is 3.48. The minimum Gasteiger partial charge on any atom is -0.493 e. The molecule has 0 saturated carbocycles. The number of fused-ring (bicyclic) bond motifs is 1. The lowest BCUT2D eigenvalue weighted by molar-refractivity contribution is -0.113. The monoisotopic (exact) mass is 743 g/mol. The lowest BCUT2D eigenvalue weighted by Crippen LogP contribution is -2.31. The number of aromatic nitrogens is 3. The second kappa shape index (κ2) is 14.9. The number of allylic oxidation sites excluding steroid dienone is 1. The molecule has 0 fully saturated rings. The summed E-state index contributed by atoms with van der Waals surface area (Å²) in [7, 11) is 1.61. The smallest absolute Gasteiger partial charge is 0.255 e. The van der Waals surface area contributed by atoms with Crippen LogP contribution in [0.5, 0.6) is 11.5 Å². The number of hydrogen-bond acceptors (Lipinski definition) is 7. The van der Waals surface area contributed by atoms with E-state index in [4.69, 9.17) is 31.2 Å². The summed E-state index contributed by atoms with van der Waals surface area (Å²) in [5, 5.41) is 12.6. The van der Waals surface area contributed by atoms with Crippen molar-refractivity contribution in [3.05, 3.63) is 134 Å². The number of rotatable bonds is 11. The van der Waals surface area contributed by atoms with Crippen LogP contribution in [0.4, 0.5) is 11.6 Å². The van der Waals surface area contributed by atoms with Crippen molar-refractivity contribution in [2.45, 2.75) is 44.1 Å². The molecular formula is C37H35BrClN5O3S. The second-order valence-corrected chi connectivity index (χ2v) is 13.7. The molecule has 2 N–H and O–H groups in total. The molecule has 0 aliphatic carbocycles. The molecule has 246 valence electrons. The van der Waals surface area contributed by atoms with E-state index in [0.29, 0.717) is 55.7 Å². The molecule has 0 saturated heterocycles. The van der Waals surface area contributed by atoms with Crippen molar-refractivity contribution in [2.24, 2.45) is 0 Å². The summed E-state index contributed by atoms with van der Waals surface area (Å²) >= 11 is 11.6. The summed E-state index contributed by atoms with van der Waals surface area (Å²) in [5.74, 6) is 1.99. The maximum Gasteiger partial charge on any atom is 0.255 e. The lowest BCUT2D eigenvalue weighted by Gasteiger charge is -2.29. The Morgan fingerprint density at radius 2 is 1.81 bits per heavy atom. The molecule has 1 unspecified atom stereocenters. The highest BCUT2D eigenvalue weighted by Gasteiger charge is 2.35. The van der Waals surface area contributed by atoms with E-state index in [2.05, 4.69) is 38.7 Å². The third-order valence-corrected chi connectivity index (χ3v) is 9.91. The number of anilines is 2. The van der Waals surface area contributed by atoms with Crippen molar-refractivity contribution in [2.75, 3.05) is 24.4 Å². The van der Waals surface area contributed by atoms with Crippen molar-refractivity contribution in [1.82, 2.24) is 14.8 Å². The maximum atomic E-state index is 14.2. The zero-order chi connectivity index (χ0) is 33.8. The Kier molecular flexibility index (Phi) is 10.4. The minimum atomic E-state index is -0.627. The van der Waals surface area contributed by atoms with Gasteiger partial charge in [0.1, 0.15) is 6.04 Å². The molecule has 6 rings (SSSR count). The third-order valence-electron chi connectivity index (χ3n) is 8.07. The zero-order valence-electron chi connectivity index (χ0n) is 27.0. The normalized spacial score (nSPS) is 13.9. The number of hydrogen-bond donors (Lipinski definition) is 2. The van der Waals surface area contributed by atoms with E-state index in [1.54, 1.807) is 11.8 Å². The van der Waals surface area contributed by atoms with Crippen molar-refractivity contribution < 1.29 is 14.3 Å². The maximum absolute atomic E-state index is 14.2. The van der Waals surface area contributed by atoms with E-state index in [0.717, 1.165) is 34.4 Å². The predicted molar refractivity (Wildman–Crippen MR) is 196 cm³/mol. The van der Waals surface area contributed by atoms with Crippen LogP contribution in [-0.2, 0) is 17.0 Å². The number of nitrogens with zero attached hydrogens (tertiary/aromatic N) is 3. The largest absolute Gasteiger partial charge is 0.493 e. The molecule has 0 radical (unpaired) electrons. The topological polar surface area (TPSA) is 90.3 Å². The molecule has 1 aromatic heterocycles. The third kappa shape index (κ3) is 7.41. The summed E-state index contributed by atoms with van der Waals surface area (Å²) in [5.41, 5.74) is 6.95. The Balaban J connectivity index is 1.36. The van der Waals surface area contributed by atoms with Gasteiger partial charge >= 0.3 is 0 Å². The Morgan fingerprint density at radius 3 is 2.56 bits per heavy atom. The van der Waals surface area contributed by atoms with Gasteiger partial charge in [-0.1, -0.05) is 89.6 Å². The van der Waals surface area contributed by atoms with Crippen molar-refractivity contribution in [1.29, 1.82) is 0 Å². The highest BCUT2D eigenvalue weighted by molar-refractivity contribution is 9.10. The van der Waals surface area contributed by atoms with Crippen molar-refractivity contribution in [3.63, 3.8) is 0 Å². The van der Waals surface area contributed by atoms with Crippen LogP contribution in [0.3, 0.4) is 0 Å². The predicted octanol–water partition coefficient (Wildman–Crippen LogP) is 9.16. The second-order valence-electron chi connectivity index (χ2n) is 11.5. The molecule has 1 amide bonds. The summed E-state index contributed by atoms with van der Waals surface area (Å²) in [4.78, 5) is 19.0. The number of aryl methyl sites for hydroxylation is 2. The SMILES string of the molecule is COc1cc(C2C(C(=O)Nc3ccc(C)cc3C)=C(C)Nc3nc(SCc4ccccc4Cl)nn32)cc(Br)c1OCCc1ccccc1. The standard InChI is InChI=1S/C37H35BrClN5O3S/c1-22-14-15-30(23(2)18-22)41-35(45)32-24(3)40-36-42-37(48-21-26-12-8-9-13-29(26)39)43-44(36)33(32)27-19-28(38)34(31(20-27)46-4)47-17-16-25-10-6-5-7-11-25/h5-15,18-20,33H,16-17,21H2,1-4H3,(H,41,45)(H,40,42,43). The first kappa shape index (κ1) is 33.6. The van der Waals surface area contributed by atoms with Gasteiger partial charge in [0, 0.05) is 28.6 Å². The molecule has 1 atom stereocenters. The molecule has 1 aliphatic heterocycles. The van der Waals surface area contributed by atoms with Crippen LogP contribution in [0.15, 0.2) is 106 Å². The van der Waals surface area contributed by atoms with E-state index in [1.165, 1.54) is 17.3 Å². The van der Waals surface area contributed by atoms with Crippen molar-refractivity contribution >= 4 is 56.8 Å². The van der Waals surface area contributed by atoms with Gasteiger partial charge in [0.15, 0.2) is 11.5 Å². The van der Waals surface area contributed by atoms with E-state index in [1.807, 2.05) is 93.6 Å². The van der Waals surface area contributed by atoms with E-state index < -0.39 is 6.04 Å². The lowest BCUT2D eigenvalue weighted by atomic mass is 9.94. The number of carbonyl (C=O) groups excluding carboxylic acids is 1. The van der Waals surface area contributed by atoms with Gasteiger partial charge in [-0.05, 0) is 83.2 Å². The van der Waals surface area contributed by atoms with E-state index in [9.17, 15) is 4.79 Å². The molecule has 0 bridgehead atoms. The van der Waals surface area contributed by atoms with Crippen molar-refractivity contribution in [3.8, 4) is 11.5 Å². The Labute approximate surface area is 298 Å². The molecule has 2 heterocycles. The zero-order valence-corrected chi connectivity index (χ0v) is 30.2. The highest BCUT2D eigenvalue weighted by atomic mass is 79.9. The minimum absolute atomic E-state index is 0.248. The molecule has 8 nitrogen and oxygen atoms in total. The van der Waals surface area contributed by atoms with Crippen LogP contribution in [0.2, 0.25) is 5.02 Å².